The first-order chi connectivity index (χ1) is 15.8. The van der Waals surface area contributed by atoms with Gasteiger partial charge in [-0.05, 0) is 83.4 Å². The van der Waals surface area contributed by atoms with Gasteiger partial charge in [0.25, 0.3) is 0 Å². The number of imidazole rings is 1. The number of ketones is 1. The number of fused-ring (bicyclic) bond motifs is 1. The monoisotopic (exact) mass is 500 g/mol. The lowest BCUT2D eigenvalue weighted by Gasteiger charge is -2.12. The van der Waals surface area contributed by atoms with Gasteiger partial charge in [0.2, 0.25) is 0 Å². The first-order valence-corrected chi connectivity index (χ1v) is 10.7. The standard InChI is InChI=1S/C23H15Cl3N4O3/c24-23(25,26)33-22(32)29-16-7-5-15(6-8-16)21(31)10-9-17-13-20(30-12-11-27-14-30)18-3-1-2-4-19(18)28-17/h1-14H,(H,29,32). The minimum atomic E-state index is -2.17. The molecule has 2 aromatic carbocycles. The number of rotatable bonds is 5. The van der Waals surface area contributed by atoms with E-state index in [4.69, 9.17) is 34.8 Å². The van der Waals surface area contributed by atoms with Crippen molar-refractivity contribution in [3.8, 4) is 5.69 Å². The fraction of sp³-hybridized carbons (Fsp3) is 0.0435. The number of para-hydroxylation sites is 1. The molecule has 2 heterocycles. The molecule has 10 heteroatoms. The summed E-state index contributed by atoms with van der Waals surface area (Å²) >= 11 is 16.2. The van der Waals surface area contributed by atoms with Crippen molar-refractivity contribution in [1.29, 1.82) is 0 Å². The van der Waals surface area contributed by atoms with Crippen LogP contribution in [0.25, 0.3) is 22.7 Å². The minimum absolute atomic E-state index is 0.232. The van der Waals surface area contributed by atoms with Gasteiger partial charge >= 0.3 is 10.1 Å². The highest BCUT2D eigenvalue weighted by atomic mass is 35.6. The summed E-state index contributed by atoms with van der Waals surface area (Å²) in [6, 6.07) is 15.8. The Labute approximate surface area is 203 Å². The van der Waals surface area contributed by atoms with Crippen LogP contribution in [0.3, 0.4) is 0 Å². The Kier molecular flexibility index (Phi) is 6.65. The number of pyridine rings is 1. The molecular formula is C23H15Cl3N4O3. The Morgan fingerprint density at radius 1 is 1.06 bits per heavy atom. The number of ether oxygens (including phenoxy) is 1. The molecule has 0 aliphatic rings. The number of benzene rings is 2. The van der Waals surface area contributed by atoms with Gasteiger partial charge < -0.3 is 9.30 Å². The summed E-state index contributed by atoms with van der Waals surface area (Å²) < 4.78 is 4.25. The van der Waals surface area contributed by atoms with E-state index in [1.165, 1.54) is 18.2 Å². The number of carbonyl (C=O) groups is 2. The molecule has 0 aliphatic heterocycles. The highest BCUT2D eigenvalue weighted by Gasteiger charge is 2.25. The maximum Gasteiger partial charge on any atom is 0.415 e. The van der Waals surface area contributed by atoms with Crippen molar-refractivity contribution in [3.63, 3.8) is 0 Å². The van der Waals surface area contributed by atoms with Crippen molar-refractivity contribution < 1.29 is 14.3 Å². The largest absolute Gasteiger partial charge is 0.415 e. The summed E-state index contributed by atoms with van der Waals surface area (Å²) in [5.41, 5.74) is 3.12. The van der Waals surface area contributed by atoms with Crippen LogP contribution in [0.1, 0.15) is 16.1 Å². The lowest BCUT2D eigenvalue weighted by Crippen LogP contribution is -2.21. The lowest BCUT2D eigenvalue weighted by atomic mass is 10.1. The molecule has 1 N–H and O–H groups in total. The third-order valence-corrected chi connectivity index (χ3v) is 4.76. The summed E-state index contributed by atoms with van der Waals surface area (Å²) in [6.07, 6.45) is 7.40. The molecule has 0 aliphatic carbocycles. The molecule has 7 nitrogen and oxygen atoms in total. The molecule has 4 aromatic rings. The molecule has 0 fully saturated rings. The molecule has 33 heavy (non-hydrogen) atoms. The number of hydrogen-bond donors (Lipinski definition) is 1. The predicted octanol–water partition coefficient (Wildman–Crippen LogP) is 6.19. The van der Waals surface area contributed by atoms with Crippen LogP contribution in [0.5, 0.6) is 0 Å². The van der Waals surface area contributed by atoms with Crippen LogP contribution in [0.15, 0.2) is 79.4 Å². The molecule has 2 aromatic heterocycles. The quantitative estimate of drug-likeness (QED) is 0.200. The van der Waals surface area contributed by atoms with E-state index in [1.54, 1.807) is 30.7 Å². The van der Waals surface area contributed by atoms with Crippen molar-refractivity contribution in [2.45, 2.75) is 3.98 Å². The van der Waals surface area contributed by atoms with Crippen molar-refractivity contribution in [3.05, 3.63) is 90.7 Å². The molecule has 0 radical (unpaired) electrons. The van der Waals surface area contributed by atoms with E-state index in [0.717, 1.165) is 16.6 Å². The number of anilines is 1. The summed E-state index contributed by atoms with van der Waals surface area (Å²) in [4.78, 5) is 33.0. The van der Waals surface area contributed by atoms with Crippen molar-refractivity contribution in [2.75, 3.05) is 5.32 Å². The Morgan fingerprint density at radius 2 is 1.82 bits per heavy atom. The lowest BCUT2D eigenvalue weighted by molar-refractivity contribution is 0.104. The van der Waals surface area contributed by atoms with E-state index < -0.39 is 10.1 Å². The molecule has 4 rings (SSSR count). The van der Waals surface area contributed by atoms with E-state index in [0.29, 0.717) is 16.9 Å². The molecule has 1 amide bonds. The number of amides is 1. The van der Waals surface area contributed by atoms with Crippen LogP contribution in [0.4, 0.5) is 10.5 Å². The summed E-state index contributed by atoms with van der Waals surface area (Å²) in [5.74, 6) is -0.232. The minimum Gasteiger partial charge on any atom is -0.398 e. The molecule has 0 spiro atoms. The van der Waals surface area contributed by atoms with Crippen molar-refractivity contribution in [1.82, 2.24) is 14.5 Å². The zero-order valence-corrected chi connectivity index (χ0v) is 19.1. The second-order valence-corrected chi connectivity index (χ2v) is 8.97. The molecule has 0 unspecified atom stereocenters. The third kappa shape index (κ3) is 5.90. The van der Waals surface area contributed by atoms with Gasteiger partial charge in [-0.25, -0.2) is 14.8 Å². The Bertz CT molecular complexity index is 1330. The van der Waals surface area contributed by atoms with Crippen molar-refractivity contribution in [2.24, 2.45) is 0 Å². The zero-order valence-electron chi connectivity index (χ0n) is 16.8. The molecular weight excluding hydrogens is 487 g/mol. The normalized spacial score (nSPS) is 11.6. The number of carbonyl (C=O) groups excluding carboxylic acids is 2. The number of nitrogens with zero attached hydrogens (tertiary/aromatic N) is 3. The average molecular weight is 502 g/mol. The topological polar surface area (TPSA) is 86.1 Å². The van der Waals surface area contributed by atoms with E-state index in [2.05, 4.69) is 20.0 Å². The van der Waals surface area contributed by atoms with Crippen LogP contribution < -0.4 is 5.32 Å². The van der Waals surface area contributed by atoms with E-state index in [1.807, 2.05) is 41.1 Å². The van der Waals surface area contributed by atoms with Crippen LogP contribution in [0, 0.1) is 0 Å². The van der Waals surface area contributed by atoms with Gasteiger partial charge in [-0.2, -0.15) is 0 Å². The van der Waals surface area contributed by atoms with Gasteiger partial charge in [-0.3, -0.25) is 10.1 Å². The van der Waals surface area contributed by atoms with Gasteiger partial charge in [-0.15, -0.1) is 0 Å². The van der Waals surface area contributed by atoms with Crippen LogP contribution in [0.2, 0.25) is 0 Å². The molecule has 0 bridgehead atoms. The number of alkyl halides is 3. The SMILES string of the molecule is O=C(Nc1ccc(C(=O)C=Cc2cc(-n3ccnc3)c3ccccc3n2)cc1)OC(Cl)(Cl)Cl. The second kappa shape index (κ2) is 9.62. The fourth-order valence-corrected chi connectivity index (χ4v) is 3.31. The maximum absolute atomic E-state index is 12.6. The van der Waals surface area contributed by atoms with Crippen molar-refractivity contribution >= 4 is 69.3 Å². The summed E-state index contributed by atoms with van der Waals surface area (Å²) in [6.45, 7) is 0. The van der Waals surface area contributed by atoms with E-state index in [9.17, 15) is 9.59 Å². The predicted molar refractivity (Wildman–Crippen MR) is 129 cm³/mol. The molecule has 0 saturated carbocycles. The molecule has 0 atom stereocenters. The molecule has 166 valence electrons. The van der Waals surface area contributed by atoms with Gasteiger partial charge in [-0.1, -0.05) is 18.2 Å². The highest BCUT2D eigenvalue weighted by molar-refractivity contribution is 6.66. The number of hydrogen-bond acceptors (Lipinski definition) is 5. The Balaban J connectivity index is 1.51. The number of nitrogens with one attached hydrogen (secondary N) is 1. The number of aromatic nitrogens is 3. The summed E-state index contributed by atoms with van der Waals surface area (Å²) in [7, 11) is 0. The summed E-state index contributed by atoms with van der Waals surface area (Å²) in [5, 5.41) is 3.37. The van der Waals surface area contributed by atoms with E-state index >= 15 is 0 Å². The third-order valence-electron chi connectivity index (χ3n) is 4.53. The van der Waals surface area contributed by atoms with Crippen LogP contribution >= 0.6 is 34.8 Å². The molecule has 0 saturated heterocycles. The number of halogens is 3. The van der Waals surface area contributed by atoms with Crippen LogP contribution in [-0.2, 0) is 4.74 Å². The highest BCUT2D eigenvalue weighted by Crippen LogP contribution is 2.28. The maximum atomic E-state index is 12.6. The smallest absolute Gasteiger partial charge is 0.398 e. The van der Waals surface area contributed by atoms with E-state index in [-0.39, 0.29) is 5.78 Å². The second-order valence-electron chi connectivity index (χ2n) is 6.79. The van der Waals surface area contributed by atoms with Gasteiger partial charge in [0.1, 0.15) is 0 Å². The first-order valence-electron chi connectivity index (χ1n) is 9.56. The van der Waals surface area contributed by atoms with Gasteiger partial charge in [0, 0.05) is 29.0 Å². The average Bonchev–Trinajstić information content (AvgIpc) is 3.31. The Hall–Kier alpha value is -3.39. The van der Waals surface area contributed by atoms with Gasteiger partial charge in [0.05, 0.1) is 23.2 Å². The number of allylic oxidation sites excluding steroid dienone is 1. The van der Waals surface area contributed by atoms with Crippen LogP contribution in [-0.4, -0.2) is 30.4 Å². The fourth-order valence-electron chi connectivity index (χ4n) is 3.10. The first kappa shape index (κ1) is 22.8. The zero-order chi connectivity index (χ0) is 23.4. The Morgan fingerprint density at radius 3 is 2.52 bits per heavy atom. The van der Waals surface area contributed by atoms with Gasteiger partial charge in [0.15, 0.2) is 5.78 Å².